The predicted molar refractivity (Wildman–Crippen MR) is 78.0 cm³/mol. The van der Waals surface area contributed by atoms with Crippen LogP contribution < -0.4 is 4.74 Å². The second-order valence-electron chi connectivity index (χ2n) is 5.23. The van der Waals surface area contributed by atoms with Crippen molar-refractivity contribution in [1.82, 2.24) is 4.90 Å². The lowest BCUT2D eigenvalue weighted by atomic mass is 9.97. The van der Waals surface area contributed by atoms with Crippen LogP contribution in [0.4, 0.5) is 0 Å². The van der Waals surface area contributed by atoms with Crippen LogP contribution in [-0.4, -0.2) is 43.6 Å². The normalized spacial score (nSPS) is 15.6. The highest BCUT2D eigenvalue weighted by Crippen LogP contribution is 2.19. The molecule has 0 bridgehead atoms. The summed E-state index contributed by atoms with van der Waals surface area (Å²) in [5.41, 5.74) is 1.01. The van der Waals surface area contributed by atoms with E-state index in [0.717, 1.165) is 11.3 Å². The first-order valence-electron chi connectivity index (χ1n) is 7.16. The van der Waals surface area contributed by atoms with Crippen LogP contribution in [0.25, 0.3) is 0 Å². The molecule has 114 valence electrons. The van der Waals surface area contributed by atoms with Gasteiger partial charge in [-0.15, -0.1) is 0 Å². The van der Waals surface area contributed by atoms with Gasteiger partial charge >= 0.3 is 5.97 Å². The molecule has 0 saturated carbocycles. The summed E-state index contributed by atoms with van der Waals surface area (Å²) in [6.07, 6.45) is 1.31. The number of carbonyl (C=O) groups excluding carboxylic acids is 2. The molecule has 1 aromatic carbocycles. The van der Waals surface area contributed by atoms with Gasteiger partial charge in [0.2, 0.25) is 0 Å². The van der Waals surface area contributed by atoms with Crippen molar-refractivity contribution in [2.45, 2.75) is 19.8 Å². The van der Waals surface area contributed by atoms with Crippen molar-refractivity contribution in [1.29, 1.82) is 0 Å². The van der Waals surface area contributed by atoms with E-state index in [1.54, 1.807) is 4.90 Å². The standard InChI is InChI=1S/C16H21NO4/c1-12-5-3-4-6-14(12)21-11-15(18)17-9-7-13(8-10-17)16(19)20-2/h3-6,13H,7-11H2,1-2H3. The molecule has 1 aromatic rings. The van der Waals surface area contributed by atoms with E-state index in [1.807, 2.05) is 31.2 Å². The number of piperidine rings is 1. The lowest BCUT2D eigenvalue weighted by Gasteiger charge is -2.30. The molecule has 5 heteroatoms. The van der Waals surface area contributed by atoms with E-state index < -0.39 is 0 Å². The van der Waals surface area contributed by atoms with Crippen LogP contribution in [0, 0.1) is 12.8 Å². The molecule has 0 N–H and O–H groups in total. The first-order chi connectivity index (χ1) is 10.1. The number of benzene rings is 1. The van der Waals surface area contributed by atoms with E-state index in [0.29, 0.717) is 25.9 Å². The third kappa shape index (κ3) is 3.97. The lowest BCUT2D eigenvalue weighted by molar-refractivity contribution is -0.149. The highest BCUT2D eigenvalue weighted by molar-refractivity contribution is 5.78. The number of nitrogens with zero attached hydrogens (tertiary/aromatic N) is 1. The quantitative estimate of drug-likeness (QED) is 0.794. The molecule has 0 aromatic heterocycles. The van der Waals surface area contributed by atoms with Crippen LogP contribution in [0.2, 0.25) is 0 Å². The maximum Gasteiger partial charge on any atom is 0.308 e. The molecule has 1 aliphatic rings. The fraction of sp³-hybridized carbons (Fsp3) is 0.500. The molecule has 0 atom stereocenters. The first-order valence-corrected chi connectivity index (χ1v) is 7.16. The molecule has 21 heavy (non-hydrogen) atoms. The van der Waals surface area contributed by atoms with E-state index in [4.69, 9.17) is 9.47 Å². The zero-order chi connectivity index (χ0) is 15.2. The Balaban J connectivity index is 1.80. The third-order valence-corrected chi connectivity index (χ3v) is 3.83. The molecule has 5 nitrogen and oxygen atoms in total. The van der Waals surface area contributed by atoms with Crippen molar-refractivity contribution >= 4 is 11.9 Å². The summed E-state index contributed by atoms with van der Waals surface area (Å²) in [6.45, 7) is 3.14. The number of rotatable bonds is 4. The summed E-state index contributed by atoms with van der Waals surface area (Å²) in [6, 6.07) is 7.62. The van der Waals surface area contributed by atoms with Gasteiger partial charge in [0, 0.05) is 13.1 Å². The van der Waals surface area contributed by atoms with Crippen LogP contribution in [0.1, 0.15) is 18.4 Å². The van der Waals surface area contributed by atoms with Gasteiger partial charge in [0.25, 0.3) is 5.91 Å². The number of methoxy groups -OCH3 is 1. The van der Waals surface area contributed by atoms with Crippen molar-refractivity contribution in [2.75, 3.05) is 26.8 Å². The van der Waals surface area contributed by atoms with Gasteiger partial charge in [0.1, 0.15) is 5.75 Å². The summed E-state index contributed by atoms with van der Waals surface area (Å²) in [5, 5.41) is 0. The first kappa shape index (κ1) is 15.4. The lowest BCUT2D eigenvalue weighted by Crippen LogP contribution is -2.42. The summed E-state index contributed by atoms with van der Waals surface area (Å²) >= 11 is 0. The van der Waals surface area contributed by atoms with Crippen molar-refractivity contribution in [2.24, 2.45) is 5.92 Å². The highest BCUT2D eigenvalue weighted by Gasteiger charge is 2.27. The van der Waals surface area contributed by atoms with Crippen LogP contribution in [0.3, 0.4) is 0 Å². The smallest absolute Gasteiger partial charge is 0.308 e. The van der Waals surface area contributed by atoms with Gasteiger partial charge in [0.15, 0.2) is 6.61 Å². The highest BCUT2D eigenvalue weighted by atomic mass is 16.5. The van der Waals surface area contributed by atoms with E-state index >= 15 is 0 Å². The van der Waals surface area contributed by atoms with E-state index in [-0.39, 0.29) is 24.4 Å². The Labute approximate surface area is 124 Å². The van der Waals surface area contributed by atoms with Gasteiger partial charge in [-0.05, 0) is 31.4 Å². The Morgan fingerprint density at radius 2 is 1.90 bits per heavy atom. The second-order valence-corrected chi connectivity index (χ2v) is 5.23. The number of para-hydroxylation sites is 1. The summed E-state index contributed by atoms with van der Waals surface area (Å²) in [7, 11) is 1.40. The summed E-state index contributed by atoms with van der Waals surface area (Å²) in [5.74, 6) is 0.423. The zero-order valence-corrected chi connectivity index (χ0v) is 12.5. The predicted octanol–water partition coefficient (Wildman–Crippen LogP) is 1.79. The van der Waals surface area contributed by atoms with Crippen LogP contribution in [-0.2, 0) is 14.3 Å². The van der Waals surface area contributed by atoms with Crippen molar-refractivity contribution in [3.05, 3.63) is 29.8 Å². The Hall–Kier alpha value is -2.04. The fourth-order valence-electron chi connectivity index (χ4n) is 2.48. The van der Waals surface area contributed by atoms with Gasteiger partial charge in [-0.25, -0.2) is 0 Å². The van der Waals surface area contributed by atoms with Gasteiger partial charge in [-0.3, -0.25) is 9.59 Å². The Kier molecular flexibility index (Phi) is 5.20. The van der Waals surface area contributed by atoms with Crippen molar-refractivity contribution < 1.29 is 19.1 Å². The van der Waals surface area contributed by atoms with Crippen molar-refractivity contribution in [3.8, 4) is 5.75 Å². The molecule has 0 spiro atoms. The number of hydrogen-bond acceptors (Lipinski definition) is 4. The van der Waals surface area contributed by atoms with Gasteiger partial charge in [0.05, 0.1) is 13.0 Å². The zero-order valence-electron chi connectivity index (χ0n) is 12.5. The number of esters is 1. The van der Waals surface area contributed by atoms with Crippen LogP contribution in [0.5, 0.6) is 5.75 Å². The maximum atomic E-state index is 12.1. The minimum atomic E-state index is -0.182. The molecular weight excluding hydrogens is 270 g/mol. The minimum Gasteiger partial charge on any atom is -0.484 e. The molecule has 1 heterocycles. The van der Waals surface area contributed by atoms with Gasteiger partial charge < -0.3 is 14.4 Å². The topological polar surface area (TPSA) is 55.8 Å². The Bertz CT molecular complexity index is 507. The number of carbonyl (C=O) groups is 2. The van der Waals surface area contributed by atoms with Crippen molar-refractivity contribution in [3.63, 3.8) is 0 Å². The average Bonchev–Trinajstić information content (AvgIpc) is 2.53. The third-order valence-electron chi connectivity index (χ3n) is 3.83. The number of hydrogen-bond donors (Lipinski definition) is 0. The molecule has 1 saturated heterocycles. The average molecular weight is 291 g/mol. The SMILES string of the molecule is COC(=O)C1CCN(C(=O)COc2ccccc2C)CC1. The van der Waals surface area contributed by atoms with Gasteiger partial charge in [-0.1, -0.05) is 18.2 Å². The molecule has 2 rings (SSSR count). The summed E-state index contributed by atoms with van der Waals surface area (Å²) in [4.78, 5) is 25.3. The van der Waals surface area contributed by atoms with E-state index in [9.17, 15) is 9.59 Å². The Morgan fingerprint density at radius 3 is 2.52 bits per heavy atom. The van der Waals surface area contributed by atoms with Crippen LogP contribution in [0.15, 0.2) is 24.3 Å². The number of likely N-dealkylation sites (tertiary alicyclic amines) is 1. The molecule has 1 amide bonds. The Morgan fingerprint density at radius 1 is 1.24 bits per heavy atom. The minimum absolute atomic E-state index is 0.0355. The fourth-order valence-corrected chi connectivity index (χ4v) is 2.48. The monoisotopic (exact) mass is 291 g/mol. The molecule has 1 aliphatic heterocycles. The van der Waals surface area contributed by atoms with E-state index in [2.05, 4.69) is 0 Å². The van der Waals surface area contributed by atoms with E-state index in [1.165, 1.54) is 7.11 Å². The van der Waals surface area contributed by atoms with Gasteiger partial charge in [-0.2, -0.15) is 0 Å². The van der Waals surface area contributed by atoms with Crippen LogP contribution >= 0.6 is 0 Å². The maximum absolute atomic E-state index is 12.1. The number of aryl methyl sites for hydroxylation is 1. The molecule has 0 unspecified atom stereocenters. The molecule has 1 fully saturated rings. The molecule has 0 radical (unpaired) electrons. The summed E-state index contributed by atoms with van der Waals surface area (Å²) < 4.78 is 10.3. The molecule has 0 aliphatic carbocycles. The molecular formula is C16H21NO4. The number of ether oxygens (including phenoxy) is 2. The largest absolute Gasteiger partial charge is 0.484 e. The second kappa shape index (κ2) is 7.11. The number of amides is 1.